The highest BCUT2D eigenvalue weighted by Gasteiger charge is 2.57. The summed E-state index contributed by atoms with van der Waals surface area (Å²) >= 11 is 0. The molecule has 4 bridgehead atoms. The van der Waals surface area contributed by atoms with E-state index in [0.29, 0.717) is 0 Å². The summed E-state index contributed by atoms with van der Waals surface area (Å²) in [5.41, 5.74) is 2.01. The van der Waals surface area contributed by atoms with Crippen molar-refractivity contribution in [1.29, 1.82) is 0 Å². The Hall–Kier alpha value is -2.36. The summed E-state index contributed by atoms with van der Waals surface area (Å²) < 4.78 is 14.0. The van der Waals surface area contributed by atoms with Crippen LogP contribution in [0.2, 0.25) is 0 Å². The van der Waals surface area contributed by atoms with Crippen LogP contribution in [0.15, 0.2) is 59.8 Å². The van der Waals surface area contributed by atoms with Crippen LogP contribution in [0.5, 0.6) is 0 Å². The molecular formula is C24H25FN2O. The van der Waals surface area contributed by atoms with Crippen molar-refractivity contribution in [3.8, 4) is 0 Å². The first-order valence-electron chi connectivity index (χ1n) is 10.5. The molecule has 1 atom stereocenters. The van der Waals surface area contributed by atoms with Crippen molar-refractivity contribution in [1.82, 2.24) is 4.90 Å². The molecule has 0 radical (unpaired) electrons. The normalized spacial score (nSPS) is 35.8. The minimum absolute atomic E-state index is 0.0803. The Balaban J connectivity index is 1.46. The minimum atomic E-state index is -0.228. The van der Waals surface area contributed by atoms with E-state index in [1.54, 1.807) is 12.1 Å². The zero-order valence-corrected chi connectivity index (χ0v) is 15.9. The maximum absolute atomic E-state index is 14.0. The molecule has 0 spiro atoms. The standard InChI is InChI=1S/C24H25FN2O/c25-21-8-4-7-20(12-21)22-26-28-23(19-5-2-1-3-6-19)27(22)24-13-16-9-17(14-24)11-18(10-16)15-24/h1-8,12,16-18,23H,9-11,13-15H2. The number of amidine groups is 1. The summed E-state index contributed by atoms with van der Waals surface area (Å²) in [6.45, 7) is 0. The van der Waals surface area contributed by atoms with Crippen molar-refractivity contribution in [2.75, 3.05) is 0 Å². The lowest BCUT2D eigenvalue weighted by atomic mass is 9.52. The highest BCUT2D eigenvalue weighted by Crippen LogP contribution is 2.60. The first-order chi connectivity index (χ1) is 13.7. The first-order valence-corrected chi connectivity index (χ1v) is 10.5. The van der Waals surface area contributed by atoms with E-state index in [9.17, 15) is 4.39 Å². The number of oxime groups is 1. The lowest BCUT2D eigenvalue weighted by Crippen LogP contribution is -2.61. The number of nitrogens with zero attached hydrogens (tertiary/aromatic N) is 2. The van der Waals surface area contributed by atoms with Crippen molar-refractivity contribution in [2.45, 2.75) is 50.3 Å². The van der Waals surface area contributed by atoms with E-state index in [1.807, 2.05) is 12.1 Å². The van der Waals surface area contributed by atoms with Gasteiger partial charge in [0.05, 0.1) is 0 Å². The molecule has 0 aromatic heterocycles. The summed E-state index contributed by atoms with van der Waals surface area (Å²) in [5.74, 6) is 3.02. The fourth-order valence-corrected chi connectivity index (χ4v) is 6.78. The summed E-state index contributed by atoms with van der Waals surface area (Å²) in [4.78, 5) is 8.47. The van der Waals surface area contributed by atoms with Gasteiger partial charge in [-0.1, -0.05) is 47.6 Å². The number of hydrogen-bond acceptors (Lipinski definition) is 3. The van der Waals surface area contributed by atoms with E-state index in [0.717, 1.165) is 34.7 Å². The van der Waals surface area contributed by atoms with Crippen LogP contribution in [0, 0.1) is 23.6 Å². The third kappa shape index (κ3) is 2.50. The third-order valence-corrected chi connectivity index (χ3v) is 7.39. The van der Waals surface area contributed by atoms with Gasteiger partial charge >= 0.3 is 0 Å². The zero-order valence-electron chi connectivity index (χ0n) is 15.9. The largest absolute Gasteiger partial charge is 0.363 e. The average molecular weight is 376 g/mol. The van der Waals surface area contributed by atoms with E-state index in [2.05, 4.69) is 34.3 Å². The van der Waals surface area contributed by atoms with Crippen LogP contribution in [0.25, 0.3) is 0 Å². The topological polar surface area (TPSA) is 24.8 Å². The third-order valence-electron chi connectivity index (χ3n) is 7.39. The number of halogens is 1. The molecule has 3 nitrogen and oxygen atoms in total. The Bertz CT molecular complexity index is 890. The summed E-state index contributed by atoms with van der Waals surface area (Å²) in [7, 11) is 0. The van der Waals surface area contributed by atoms with Gasteiger partial charge in [-0.3, -0.25) is 0 Å². The molecule has 28 heavy (non-hydrogen) atoms. The summed E-state index contributed by atoms with van der Waals surface area (Å²) in [6.07, 6.45) is 7.55. The second-order valence-corrected chi connectivity index (χ2v) is 9.31. The fourth-order valence-electron chi connectivity index (χ4n) is 6.78. The molecule has 7 rings (SSSR count). The van der Waals surface area contributed by atoms with Gasteiger partial charge in [-0.05, 0) is 68.4 Å². The van der Waals surface area contributed by atoms with Gasteiger partial charge in [-0.25, -0.2) is 4.39 Å². The molecule has 1 heterocycles. The van der Waals surface area contributed by atoms with E-state index in [-0.39, 0.29) is 17.6 Å². The minimum Gasteiger partial charge on any atom is -0.363 e. The predicted octanol–water partition coefficient (Wildman–Crippen LogP) is 5.49. The second-order valence-electron chi connectivity index (χ2n) is 9.31. The van der Waals surface area contributed by atoms with E-state index < -0.39 is 0 Å². The molecule has 1 aliphatic heterocycles. The Kier molecular flexibility index (Phi) is 3.59. The molecule has 0 amide bonds. The molecule has 4 saturated carbocycles. The summed E-state index contributed by atoms with van der Waals surface area (Å²) in [5, 5.41) is 4.52. The van der Waals surface area contributed by atoms with Gasteiger partial charge in [-0.15, -0.1) is 0 Å². The van der Waals surface area contributed by atoms with Crippen LogP contribution < -0.4 is 0 Å². The highest BCUT2D eigenvalue weighted by atomic mass is 19.1. The quantitative estimate of drug-likeness (QED) is 0.708. The molecule has 144 valence electrons. The van der Waals surface area contributed by atoms with Crippen molar-refractivity contribution < 1.29 is 9.23 Å². The maximum atomic E-state index is 14.0. The van der Waals surface area contributed by atoms with Crippen LogP contribution in [0.1, 0.15) is 55.9 Å². The second kappa shape index (κ2) is 6.07. The Morgan fingerprint density at radius 3 is 2.21 bits per heavy atom. The molecular weight excluding hydrogens is 351 g/mol. The van der Waals surface area contributed by atoms with E-state index in [4.69, 9.17) is 4.84 Å². The van der Waals surface area contributed by atoms with Gasteiger partial charge in [0.1, 0.15) is 5.82 Å². The fraction of sp³-hybridized carbons (Fsp3) is 0.458. The zero-order chi connectivity index (χ0) is 18.7. The Morgan fingerprint density at radius 2 is 1.57 bits per heavy atom. The average Bonchev–Trinajstić information content (AvgIpc) is 3.14. The smallest absolute Gasteiger partial charge is 0.227 e. The van der Waals surface area contributed by atoms with Gasteiger partial charge in [0.2, 0.25) is 6.23 Å². The lowest BCUT2D eigenvalue weighted by molar-refractivity contribution is -0.116. The molecule has 4 heteroatoms. The van der Waals surface area contributed by atoms with Gasteiger partial charge in [0.25, 0.3) is 0 Å². The van der Waals surface area contributed by atoms with Gasteiger partial charge in [0.15, 0.2) is 5.84 Å². The molecule has 4 aliphatic carbocycles. The molecule has 1 unspecified atom stereocenters. The van der Waals surface area contributed by atoms with Crippen molar-refractivity contribution in [3.05, 3.63) is 71.5 Å². The summed E-state index contributed by atoms with van der Waals surface area (Å²) in [6, 6.07) is 17.2. The first kappa shape index (κ1) is 16.6. The van der Waals surface area contributed by atoms with Gasteiger partial charge < -0.3 is 9.74 Å². The number of hydrogen-bond donors (Lipinski definition) is 0. The van der Waals surface area contributed by atoms with E-state index >= 15 is 0 Å². The van der Waals surface area contributed by atoms with Gasteiger partial charge in [0, 0.05) is 16.7 Å². The monoisotopic (exact) mass is 376 g/mol. The molecule has 2 aromatic rings. The number of rotatable bonds is 3. The maximum Gasteiger partial charge on any atom is 0.227 e. The molecule has 0 saturated heterocycles. The lowest BCUT2D eigenvalue weighted by Gasteiger charge is -2.60. The van der Waals surface area contributed by atoms with E-state index in [1.165, 1.54) is 44.6 Å². The number of benzene rings is 2. The van der Waals surface area contributed by atoms with Crippen molar-refractivity contribution in [2.24, 2.45) is 22.9 Å². The van der Waals surface area contributed by atoms with Crippen LogP contribution in [0.3, 0.4) is 0 Å². The highest BCUT2D eigenvalue weighted by molar-refractivity contribution is 5.99. The molecule has 4 fully saturated rings. The van der Waals surface area contributed by atoms with Crippen LogP contribution in [-0.4, -0.2) is 16.3 Å². The predicted molar refractivity (Wildman–Crippen MR) is 106 cm³/mol. The van der Waals surface area contributed by atoms with Crippen LogP contribution >= 0.6 is 0 Å². The molecule has 5 aliphatic rings. The molecule has 0 N–H and O–H groups in total. The Labute approximate surface area is 165 Å². The molecule has 2 aromatic carbocycles. The van der Waals surface area contributed by atoms with Crippen LogP contribution in [0.4, 0.5) is 4.39 Å². The van der Waals surface area contributed by atoms with Gasteiger partial charge in [-0.2, -0.15) is 0 Å². The Morgan fingerprint density at radius 1 is 0.893 bits per heavy atom. The van der Waals surface area contributed by atoms with Crippen molar-refractivity contribution in [3.63, 3.8) is 0 Å². The SMILES string of the molecule is Fc1cccc(C2=NOC(c3ccccc3)N2C23CC4CC(CC(C4)C2)C3)c1. The van der Waals surface area contributed by atoms with Crippen molar-refractivity contribution >= 4 is 5.84 Å². The van der Waals surface area contributed by atoms with Crippen LogP contribution in [-0.2, 0) is 4.84 Å².